The Kier molecular flexibility index (Phi) is 13.9. The third-order valence-corrected chi connectivity index (χ3v) is 3.17. The molecule has 0 unspecified atom stereocenters. The standard InChI is InChI=1S/C13H11O.2C5H5.2Fe/c14-13(12-7-3-4-8-12)10-9-11-5-1-2-6-11;2*1-2-4-5-3-1;;/h1-10,14H;2*1-5H;;/q3*-1;2*+2/p-1/b13-10-;;;;. The Bertz CT molecular complexity index is 682. The summed E-state index contributed by atoms with van der Waals surface area (Å²) < 4.78 is 0. The molecular formula is C23H20Fe2O. The van der Waals surface area contributed by atoms with Crippen LogP contribution < -0.4 is 5.11 Å². The molecule has 0 aromatic heterocycles. The van der Waals surface area contributed by atoms with E-state index in [0.717, 1.165) is 11.1 Å². The Hall–Kier alpha value is -2.15. The van der Waals surface area contributed by atoms with Crippen molar-refractivity contribution in [2.75, 3.05) is 0 Å². The van der Waals surface area contributed by atoms with Crippen LogP contribution in [-0.2, 0) is 34.1 Å². The van der Waals surface area contributed by atoms with Gasteiger partial charge in [0.05, 0.1) is 0 Å². The second kappa shape index (κ2) is 15.1. The van der Waals surface area contributed by atoms with Crippen molar-refractivity contribution in [3.05, 3.63) is 133 Å². The van der Waals surface area contributed by atoms with Gasteiger partial charge in [0, 0.05) is 0 Å². The molecule has 0 spiro atoms. The van der Waals surface area contributed by atoms with Gasteiger partial charge in [-0.25, -0.2) is 24.3 Å². The van der Waals surface area contributed by atoms with E-state index in [1.165, 1.54) is 0 Å². The first-order chi connectivity index (χ1) is 11.9. The van der Waals surface area contributed by atoms with E-state index in [-0.39, 0.29) is 39.9 Å². The van der Waals surface area contributed by atoms with Crippen LogP contribution >= 0.6 is 0 Å². The maximum Gasteiger partial charge on any atom is 2.00 e. The van der Waals surface area contributed by atoms with E-state index < -0.39 is 0 Å². The second-order valence-electron chi connectivity index (χ2n) is 5.01. The molecule has 1 aliphatic rings. The molecule has 134 valence electrons. The van der Waals surface area contributed by atoms with Crippen LogP contribution in [0.25, 0.3) is 5.76 Å². The molecule has 1 nitrogen and oxygen atoms in total. The predicted octanol–water partition coefficient (Wildman–Crippen LogP) is 4.97. The van der Waals surface area contributed by atoms with Crippen LogP contribution in [-0.4, -0.2) is 0 Å². The maximum atomic E-state index is 11.5. The fraction of sp³-hybridized carbons (Fsp3) is 0. The smallest absolute Gasteiger partial charge is 0.886 e. The van der Waals surface area contributed by atoms with E-state index in [9.17, 15) is 5.11 Å². The van der Waals surface area contributed by atoms with Gasteiger partial charge in [0.15, 0.2) is 0 Å². The van der Waals surface area contributed by atoms with Crippen LogP contribution in [0.2, 0.25) is 0 Å². The van der Waals surface area contributed by atoms with Gasteiger partial charge in [-0.1, -0.05) is 30.4 Å². The van der Waals surface area contributed by atoms with Crippen molar-refractivity contribution in [3.8, 4) is 0 Å². The first-order valence-corrected chi connectivity index (χ1v) is 7.85. The molecule has 26 heavy (non-hydrogen) atoms. The zero-order valence-electron chi connectivity index (χ0n) is 14.2. The Morgan fingerprint density at radius 1 is 0.769 bits per heavy atom. The molecule has 0 saturated heterocycles. The second-order valence-corrected chi connectivity index (χ2v) is 5.01. The third kappa shape index (κ3) is 9.98. The molecule has 3 aromatic carbocycles. The van der Waals surface area contributed by atoms with Gasteiger partial charge in [0.25, 0.3) is 0 Å². The minimum atomic E-state index is 0. The summed E-state index contributed by atoms with van der Waals surface area (Å²) in [6.45, 7) is 0. The zero-order chi connectivity index (χ0) is 16.9. The summed E-state index contributed by atoms with van der Waals surface area (Å²) in [4.78, 5) is 0. The fourth-order valence-electron chi connectivity index (χ4n) is 1.95. The summed E-state index contributed by atoms with van der Waals surface area (Å²) in [5, 5.41) is 11.5. The summed E-state index contributed by atoms with van der Waals surface area (Å²) >= 11 is 0. The SMILES string of the molecule is [Fe+2].[Fe+2].[O-]/C(=C\C=C1C=CC=C1)[c-]1cccc1.c1cc[cH-]c1.c1cc[cH-]c1. The van der Waals surface area contributed by atoms with Crippen molar-refractivity contribution in [3.63, 3.8) is 0 Å². The van der Waals surface area contributed by atoms with Gasteiger partial charge in [-0.2, -0.15) is 54.3 Å². The maximum absolute atomic E-state index is 11.5. The summed E-state index contributed by atoms with van der Waals surface area (Å²) in [7, 11) is 0. The van der Waals surface area contributed by atoms with E-state index in [1.807, 2.05) is 115 Å². The molecule has 0 saturated carbocycles. The Balaban J connectivity index is 0.000000432. The quantitative estimate of drug-likeness (QED) is 0.324. The van der Waals surface area contributed by atoms with E-state index >= 15 is 0 Å². The summed E-state index contributed by atoms with van der Waals surface area (Å²) in [5.74, 6) is 0.0520. The number of rotatable bonds is 2. The van der Waals surface area contributed by atoms with Gasteiger partial charge in [-0.05, 0) is 5.57 Å². The van der Waals surface area contributed by atoms with Crippen LogP contribution in [0.5, 0.6) is 0 Å². The third-order valence-electron chi connectivity index (χ3n) is 3.17. The Morgan fingerprint density at radius 3 is 1.62 bits per heavy atom. The molecule has 0 aliphatic heterocycles. The summed E-state index contributed by atoms with van der Waals surface area (Å²) in [5.41, 5.74) is 1.80. The average molecular weight is 424 g/mol. The zero-order valence-corrected chi connectivity index (χ0v) is 16.4. The summed E-state index contributed by atoms with van der Waals surface area (Å²) in [6.07, 6.45) is 11.3. The van der Waals surface area contributed by atoms with Gasteiger partial charge < -0.3 is 5.11 Å². The molecule has 4 rings (SSSR count). The van der Waals surface area contributed by atoms with E-state index in [1.54, 1.807) is 6.08 Å². The van der Waals surface area contributed by atoms with E-state index in [2.05, 4.69) is 0 Å². The van der Waals surface area contributed by atoms with Crippen LogP contribution in [0.1, 0.15) is 5.56 Å². The fourth-order valence-corrected chi connectivity index (χ4v) is 1.95. The predicted molar refractivity (Wildman–Crippen MR) is 100 cm³/mol. The molecule has 0 atom stereocenters. The molecule has 1 aliphatic carbocycles. The molecule has 3 heteroatoms. The van der Waals surface area contributed by atoms with Gasteiger partial charge in [-0.15, -0.1) is 23.8 Å². The van der Waals surface area contributed by atoms with Crippen molar-refractivity contribution in [1.29, 1.82) is 0 Å². The van der Waals surface area contributed by atoms with Crippen LogP contribution in [0.15, 0.2) is 127 Å². The molecule has 0 heterocycles. The van der Waals surface area contributed by atoms with Crippen LogP contribution in [0.4, 0.5) is 0 Å². The van der Waals surface area contributed by atoms with Crippen molar-refractivity contribution in [1.82, 2.24) is 0 Å². The molecule has 0 bridgehead atoms. The minimum Gasteiger partial charge on any atom is -0.886 e. The van der Waals surface area contributed by atoms with Gasteiger partial charge in [0.1, 0.15) is 0 Å². The largest absolute Gasteiger partial charge is 2.00 e. The molecule has 3 aromatic rings. The van der Waals surface area contributed by atoms with Crippen molar-refractivity contribution in [2.24, 2.45) is 0 Å². The monoisotopic (exact) mass is 424 g/mol. The Morgan fingerprint density at radius 2 is 1.23 bits per heavy atom. The summed E-state index contributed by atoms with van der Waals surface area (Å²) in [6, 6.07) is 27.4. The van der Waals surface area contributed by atoms with Gasteiger partial charge in [-0.3, -0.25) is 0 Å². The topological polar surface area (TPSA) is 23.1 Å². The van der Waals surface area contributed by atoms with Crippen molar-refractivity contribution >= 4 is 5.76 Å². The van der Waals surface area contributed by atoms with Gasteiger partial charge >= 0.3 is 34.1 Å². The normalized spacial score (nSPS) is 11.2. The Labute approximate surface area is 177 Å². The molecule has 0 N–H and O–H groups in total. The van der Waals surface area contributed by atoms with E-state index in [4.69, 9.17) is 0 Å². The molecule has 0 amide bonds. The number of hydrogen-bond acceptors (Lipinski definition) is 1. The number of hydrogen-bond donors (Lipinski definition) is 0. The molecular weight excluding hydrogens is 404 g/mol. The number of allylic oxidation sites excluding steroid dienone is 7. The van der Waals surface area contributed by atoms with Gasteiger partial charge in [0.2, 0.25) is 0 Å². The van der Waals surface area contributed by atoms with Crippen molar-refractivity contribution < 1.29 is 39.2 Å². The molecule has 0 fully saturated rings. The van der Waals surface area contributed by atoms with Crippen LogP contribution in [0, 0.1) is 0 Å². The minimum absolute atomic E-state index is 0. The first-order valence-electron chi connectivity index (χ1n) is 7.85. The van der Waals surface area contributed by atoms with E-state index in [0.29, 0.717) is 0 Å². The van der Waals surface area contributed by atoms with Crippen molar-refractivity contribution in [2.45, 2.75) is 0 Å². The van der Waals surface area contributed by atoms with Crippen LogP contribution in [0.3, 0.4) is 0 Å². The average Bonchev–Trinajstić information content (AvgIpc) is 3.42. The first kappa shape index (κ1) is 23.8. The molecule has 0 radical (unpaired) electrons.